The van der Waals surface area contributed by atoms with Crippen LogP contribution in [0.15, 0.2) is 72.8 Å². The number of hydrogen-bond donors (Lipinski definition) is 0. The van der Waals surface area contributed by atoms with Crippen LogP contribution in [0, 0.1) is 0 Å². The van der Waals surface area contributed by atoms with Crippen molar-refractivity contribution < 1.29 is 0 Å². The highest BCUT2D eigenvalue weighted by Gasteiger charge is 2.50. The molecule has 104 valence electrons. The maximum absolute atomic E-state index is 6.97. The van der Waals surface area contributed by atoms with Gasteiger partial charge in [0.2, 0.25) is 0 Å². The summed E-state index contributed by atoms with van der Waals surface area (Å²) in [6.45, 7) is 0. The van der Waals surface area contributed by atoms with Gasteiger partial charge in [-0.1, -0.05) is 72.8 Å². The fourth-order valence-corrected chi connectivity index (χ4v) is 3.90. The maximum atomic E-state index is 6.97. The molecule has 0 aliphatic heterocycles. The summed E-state index contributed by atoms with van der Waals surface area (Å²) in [6.07, 6.45) is 2.35. The van der Waals surface area contributed by atoms with E-state index in [0.29, 0.717) is 0 Å². The first-order valence-corrected chi connectivity index (χ1v) is 7.92. The first kappa shape index (κ1) is 12.9. The van der Waals surface area contributed by atoms with Crippen molar-refractivity contribution in [2.24, 2.45) is 0 Å². The standard InChI is InChI=1S/C20H17Cl/c21-19(20(13-14-20)16-9-2-1-3-10-16)18-12-6-8-15-7-4-5-11-17(15)18/h1-12,19H,13-14H2. The van der Waals surface area contributed by atoms with Crippen LogP contribution >= 0.6 is 11.6 Å². The molecule has 0 spiro atoms. The predicted octanol–water partition coefficient (Wildman–Crippen LogP) is 5.85. The zero-order chi connectivity index (χ0) is 14.3. The Bertz CT molecular complexity index is 767. The van der Waals surface area contributed by atoms with Gasteiger partial charge in [0.25, 0.3) is 0 Å². The predicted molar refractivity (Wildman–Crippen MR) is 89.9 cm³/mol. The molecule has 1 unspecified atom stereocenters. The molecule has 1 saturated carbocycles. The van der Waals surface area contributed by atoms with E-state index < -0.39 is 0 Å². The lowest BCUT2D eigenvalue weighted by atomic mass is 9.86. The van der Waals surface area contributed by atoms with Crippen molar-refractivity contribution in [1.29, 1.82) is 0 Å². The SMILES string of the molecule is ClC(c1cccc2ccccc12)C1(c2ccccc2)CC1. The highest BCUT2D eigenvalue weighted by molar-refractivity contribution is 6.23. The highest BCUT2D eigenvalue weighted by Crippen LogP contribution is 2.59. The molecule has 1 aliphatic rings. The minimum absolute atomic E-state index is 0.0333. The summed E-state index contributed by atoms with van der Waals surface area (Å²) in [5.41, 5.74) is 2.75. The van der Waals surface area contributed by atoms with E-state index in [1.165, 1.54) is 34.7 Å². The third kappa shape index (κ3) is 2.06. The quantitative estimate of drug-likeness (QED) is 0.531. The molecule has 0 heterocycles. The third-order valence-corrected chi connectivity index (χ3v) is 5.37. The Hall–Kier alpha value is -1.79. The van der Waals surface area contributed by atoms with Gasteiger partial charge in [-0.25, -0.2) is 0 Å². The molecule has 0 aromatic heterocycles. The molecule has 0 N–H and O–H groups in total. The van der Waals surface area contributed by atoms with Gasteiger partial charge in [-0.3, -0.25) is 0 Å². The molecule has 1 heteroatoms. The molecule has 1 fully saturated rings. The zero-order valence-corrected chi connectivity index (χ0v) is 12.6. The van der Waals surface area contributed by atoms with Gasteiger partial charge >= 0.3 is 0 Å². The number of benzene rings is 3. The lowest BCUT2D eigenvalue weighted by Crippen LogP contribution is -2.14. The van der Waals surface area contributed by atoms with Gasteiger partial charge in [-0.05, 0) is 34.7 Å². The molecule has 1 atom stereocenters. The Balaban J connectivity index is 1.83. The number of alkyl halides is 1. The van der Waals surface area contributed by atoms with Gasteiger partial charge in [-0.15, -0.1) is 11.6 Å². The molecule has 0 radical (unpaired) electrons. The number of halogens is 1. The van der Waals surface area contributed by atoms with Crippen LogP contribution in [0.5, 0.6) is 0 Å². The average molecular weight is 293 g/mol. The topological polar surface area (TPSA) is 0 Å². The summed E-state index contributed by atoms with van der Waals surface area (Å²) in [4.78, 5) is 0. The van der Waals surface area contributed by atoms with Gasteiger partial charge in [0.1, 0.15) is 0 Å². The van der Waals surface area contributed by atoms with Crippen molar-refractivity contribution in [3.8, 4) is 0 Å². The molecule has 21 heavy (non-hydrogen) atoms. The third-order valence-electron chi connectivity index (χ3n) is 4.72. The normalized spacial score (nSPS) is 17.6. The molecule has 3 aromatic rings. The molecule has 0 bridgehead atoms. The van der Waals surface area contributed by atoms with Gasteiger partial charge in [-0.2, -0.15) is 0 Å². The first-order valence-electron chi connectivity index (χ1n) is 7.48. The van der Waals surface area contributed by atoms with E-state index >= 15 is 0 Å². The average Bonchev–Trinajstić information content (AvgIpc) is 3.36. The minimum atomic E-state index is 0.0333. The van der Waals surface area contributed by atoms with E-state index in [0.717, 1.165) is 0 Å². The van der Waals surface area contributed by atoms with Crippen LogP contribution in [0.2, 0.25) is 0 Å². The highest BCUT2D eigenvalue weighted by atomic mass is 35.5. The summed E-state index contributed by atoms with van der Waals surface area (Å²) in [7, 11) is 0. The summed E-state index contributed by atoms with van der Waals surface area (Å²) in [5.74, 6) is 0. The van der Waals surface area contributed by atoms with Crippen molar-refractivity contribution in [1.82, 2.24) is 0 Å². The molecule has 0 nitrogen and oxygen atoms in total. The van der Waals surface area contributed by atoms with Crippen molar-refractivity contribution >= 4 is 22.4 Å². The van der Waals surface area contributed by atoms with Crippen LogP contribution in [0.1, 0.15) is 29.3 Å². The van der Waals surface area contributed by atoms with E-state index in [4.69, 9.17) is 11.6 Å². The van der Waals surface area contributed by atoms with Gasteiger partial charge in [0.15, 0.2) is 0 Å². The van der Waals surface area contributed by atoms with E-state index in [-0.39, 0.29) is 10.8 Å². The van der Waals surface area contributed by atoms with Crippen LogP contribution in [0.25, 0.3) is 10.8 Å². The van der Waals surface area contributed by atoms with Gasteiger partial charge in [0.05, 0.1) is 5.38 Å². The molecule has 0 saturated heterocycles. The largest absolute Gasteiger partial charge is 0.117 e. The van der Waals surface area contributed by atoms with Crippen LogP contribution in [-0.2, 0) is 5.41 Å². The second-order valence-electron chi connectivity index (χ2n) is 5.95. The molecule has 1 aliphatic carbocycles. The lowest BCUT2D eigenvalue weighted by Gasteiger charge is -2.23. The number of fused-ring (bicyclic) bond motifs is 1. The second-order valence-corrected chi connectivity index (χ2v) is 6.39. The van der Waals surface area contributed by atoms with Crippen LogP contribution in [0.4, 0.5) is 0 Å². The van der Waals surface area contributed by atoms with E-state index in [1.54, 1.807) is 0 Å². The second kappa shape index (κ2) is 4.89. The fraction of sp³-hybridized carbons (Fsp3) is 0.200. The summed E-state index contributed by atoms with van der Waals surface area (Å²) in [6, 6.07) is 25.7. The summed E-state index contributed by atoms with van der Waals surface area (Å²) < 4.78 is 0. The fourth-order valence-electron chi connectivity index (χ4n) is 3.36. The van der Waals surface area contributed by atoms with Gasteiger partial charge < -0.3 is 0 Å². The monoisotopic (exact) mass is 292 g/mol. The van der Waals surface area contributed by atoms with Crippen molar-refractivity contribution in [3.05, 3.63) is 83.9 Å². The van der Waals surface area contributed by atoms with Crippen LogP contribution in [0.3, 0.4) is 0 Å². The molecular weight excluding hydrogens is 276 g/mol. The number of rotatable bonds is 3. The Labute approximate surface area is 130 Å². The molecular formula is C20H17Cl. The Morgan fingerprint density at radius 3 is 2.19 bits per heavy atom. The van der Waals surface area contributed by atoms with Gasteiger partial charge in [0, 0.05) is 5.41 Å². The van der Waals surface area contributed by atoms with Crippen LogP contribution < -0.4 is 0 Å². The smallest absolute Gasteiger partial charge is 0.0687 e. The maximum Gasteiger partial charge on any atom is 0.0687 e. The first-order chi connectivity index (χ1) is 10.3. The van der Waals surface area contributed by atoms with Crippen molar-refractivity contribution in [2.75, 3.05) is 0 Å². The Morgan fingerprint density at radius 2 is 1.43 bits per heavy atom. The summed E-state index contributed by atoms with van der Waals surface area (Å²) in [5, 5.41) is 2.58. The van der Waals surface area contributed by atoms with E-state index in [1.807, 2.05) is 0 Å². The number of hydrogen-bond acceptors (Lipinski definition) is 0. The van der Waals surface area contributed by atoms with E-state index in [2.05, 4.69) is 72.8 Å². The Kier molecular flexibility index (Phi) is 3.01. The molecule has 0 amide bonds. The Morgan fingerprint density at radius 1 is 0.762 bits per heavy atom. The van der Waals surface area contributed by atoms with Crippen LogP contribution in [-0.4, -0.2) is 0 Å². The lowest BCUT2D eigenvalue weighted by molar-refractivity contribution is 0.666. The van der Waals surface area contributed by atoms with Crippen molar-refractivity contribution in [2.45, 2.75) is 23.6 Å². The zero-order valence-electron chi connectivity index (χ0n) is 11.8. The van der Waals surface area contributed by atoms with Crippen molar-refractivity contribution in [3.63, 3.8) is 0 Å². The summed E-state index contributed by atoms with van der Waals surface area (Å²) >= 11 is 6.97. The molecule has 4 rings (SSSR count). The minimum Gasteiger partial charge on any atom is -0.117 e. The molecule has 3 aromatic carbocycles. The van der Waals surface area contributed by atoms with E-state index in [9.17, 15) is 0 Å².